The Morgan fingerprint density at radius 2 is 1.74 bits per heavy atom. The summed E-state index contributed by atoms with van der Waals surface area (Å²) in [6.45, 7) is 0. The maximum atomic E-state index is 14.1. The molecule has 2 fully saturated rings. The van der Waals surface area contributed by atoms with Crippen molar-refractivity contribution in [2.45, 2.75) is 56.4 Å². The molecule has 2 amide bonds. The minimum Gasteiger partial charge on any atom is -0.316 e. The number of nitrogens with one attached hydrogen (secondary N) is 1. The van der Waals surface area contributed by atoms with Crippen LogP contribution in [-0.4, -0.2) is 40.4 Å². The molecule has 8 heteroatoms. The summed E-state index contributed by atoms with van der Waals surface area (Å²) >= 11 is 0. The van der Waals surface area contributed by atoms with Gasteiger partial charge in [-0.1, -0.05) is 43.2 Å². The fourth-order valence-corrected chi connectivity index (χ4v) is 3.79. The number of halogens is 3. The summed E-state index contributed by atoms with van der Waals surface area (Å²) in [6, 6.07) is 8.04. The van der Waals surface area contributed by atoms with Crippen LogP contribution < -0.4 is 5.32 Å². The van der Waals surface area contributed by atoms with E-state index in [0.29, 0.717) is 31.2 Å². The summed E-state index contributed by atoms with van der Waals surface area (Å²) in [6.07, 6.45) is -0.995. The van der Waals surface area contributed by atoms with E-state index in [1.54, 1.807) is 30.3 Å². The number of aliphatic imine (C=N–C) groups is 1. The SMILES string of the molecule is O=C(NC1(C(F)(F)F)N=C(c2ccccc2)N(C2CCCC2)C1=O)C1CC1. The maximum absolute atomic E-state index is 14.1. The molecule has 0 spiro atoms. The van der Waals surface area contributed by atoms with Crippen molar-refractivity contribution in [3.05, 3.63) is 35.9 Å². The van der Waals surface area contributed by atoms with Gasteiger partial charge in [0.1, 0.15) is 5.84 Å². The Kier molecular flexibility index (Phi) is 4.24. The number of carbonyl (C=O) groups excluding carboxylic acids is 2. The van der Waals surface area contributed by atoms with Crippen LogP contribution in [0.15, 0.2) is 35.3 Å². The van der Waals surface area contributed by atoms with E-state index in [1.807, 2.05) is 5.32 Å². The summed E-state index contributed by atoms with van der Waals surface area (Å²) in [5.74, 6) is -2.44. The fraction of sp³-hybridized carbons (Fsp3) is 0.526. The lowest BCUT2D eigenvalue weighted by Crippen LogP contribution is -2.64. The van der Waals surface area contributed by atoms with Gasteiger partial charge in [0.2, 0.25) is 5.91 Å². The molecule has 4 rings (SSSR count). The minimum absolute atomic E-state index is 0.0130. The number of alkyl halides is 3. The van der Waals surface area contributed by atoms with E-state index in [2.05, 4.69) is 4.99 Å². The van der Waals surface area contributed by atoms with E-state index < -0.39 is 29.6 Å². The predicted molar refractivity (Wildman–Crippen MR) is 91.7 cm³/mol. The average molecular weight is 379 g/mol. The standard InChI is InChI=1S/C19H20F3N3O2/c20-19(21,22)18(24-16(26)13-10-11-13)17(27)25(14-8-4-5-9-14)15(23-18)12-6-2-1-3-7-12/h1-3,6-7,13-14H,4-5,8-11H2,(H,24,26). The second-order valence-electron chi connectivity index (χ2n) is 7.39. The van der Waals surface area contributed by atoms with Crippen LogP contribution in [0.1, 0.15) is 44.1 Å². The lowest BCUT2D eigenvalue weighted by Gasteiger charge is -2.31. The lowest BCUT2D eigenvalue weighted by molar-refractivity contribution is -0.200. The molecule has 1 heterocycles. The van der Waals surface area contributed by atoms with Gasteiger partial charge >= 0.3 is 11.8 Å². The van der Waals surface area contributed by atoms with Crippen LogP contribution in [0.2, 0.25) is 0 Å². The number of benzene rings is 1. The summed E-state index contributed by atoms with van der Waals surface area (Å²) in [5, 5.41) is 1.95. The van der Waals surface area contributed by atoms with Crippen LogP contribution in [0.5, 0.6) is 0 Å². The topological polar surface area (TPSA) is 61.8 Å². The van der Waals surface area contributed by atoms with Crippen molar-refractivity contribution in [2.24, 2.45) is 10.9 Å². The van der Waals surface area contributed by atoms with Crippen LogP contribution in [0, 0.1) is 5.92 Å². The second-order valence-corrected chi connectivity index (χ2v) is 7.39. The Morgan fingerprint density at radius 3 is 2.30 bits per heavy atom. The third-order valence-electron chi connectivity index (χ3n) is 5.41. The van der Waals surface area contributed by atoms with Gasteiger partial charge in [-0.15, -0.1) is 0 Å². The molecule has 0 aromatic heterocycles. The van der Waals surface area contributed by atoms with Gasteiger partial charge in [0.05, 0.1) is 0 Å². The highest BCUT2D eigenvalue weighted by Gasteiger charge is 2.68. The third kappa shape index (κ3) is 3.00. The first-order valence-corrected chi connectivity index (χ1v) is 9.21. The molecule has 2 aliphatic carbocycles. The quantitative estimate of drug-likeness (QED) is 0.874. The number of rotatable bonds is 4. The van der Waals surface area contributed by atoms with Gasteiger partial charge in [0.15, 0.2) is 0 Å². The average Bonchev–Trinajstić information content (AvgIpc) is 3.27. The van der Waals surface area contributed by atoms with Crippen molar-refractivity contribution in [1.29, 1.82) is 0 Å². The Hall–Kier alpha value is -2.38. The lowest BCUT2D eigenvalue weighted by atomic mass is 10.1. The van der Waals surface area contributed by atoms with E-state index in [1.165, 1.54) is 4.90 Å². The molecule has 0 bridgehead atoms. The molecule has 0 radical (unpaired) electrons. The zero-order valence-corrected chi connectivity index (χ0v) is 14.6. The molecule has 0 saturated heterocycles. The molecule has 1 aromatic carbocycles. The molecule has 5 nitrogen and oxygen atoms in total. The van der Waals surface area contributed by atoms with Crippen molar-refractivity contribution in [3.63, 3.8) is 0 Å². The van der Waals surface area contributed by atoms with E-state index >= 15 is 0 Å². The number of hydrogen-bond donors (Lipinski definition) is 1. The Morgan fingerprint density at radius 1 is 1.11 bits per heavy atom. The first-order chi connectivity index (χ1) is 12.8. The van der Waals surface area contributed by atoms with E-state index in [0.717, 1.165) is 12.8 Å². The predicted octanol–water partition coefficient (Wildman–Crippen LogP) is 3.00. The van der Waals surface area contributed by atoms with Crippen molar-refractivity contribution < 1.29 is 22.8 Å². The number of amidine groups is 1. The van der Waals surface area contributed by atoms with E-state index in [-0.39, 0.29) is 11.9 Å². The highest BCUT2D eigenvalue weighted by atomic mass is 19.4. The summed E-state index contributed by atoms with van der Waals surface area (Å²) in [4.78, 5) is 30.3. The zero-order chi connectivity index (χ0) is 19.2. The number of carbonyl (C=O) groups is 2. The molecule has 1 unspecified atom stereocenters. The number of hydrogen-bond acceptors (Lipinski definition) is 3. The van der Waals surface area contributed by atoms with Crippen molar-refractivity contribution in [1.82, 2.24) is 10.2 Å². The molecular weight excluding hydrogens is 359 g/mol. The third-order valence-corrected chi connectivity index (χ3v) is 5.41. The molecule has 3 aliphatic rings. The van der Waals surface area contributed by atoms with Crippen LogP contribution in [0.3, 0.4) is 0 Å². The molecule has 1 atom stereocenters. The molecule has 1 aromatic rings. The van der Waals surface area contributed by atoms with Gasteiger partial charge in [0, 0.05) is 17.5 Å². The first kappa shape index (κ1) is 18.0. The minimum atomic E-state index is -5.03. The van der Waals surface area contributed by atoms with Crippen molar-refractivity contribution in [3.8, 4) is 0 Å². The van der Waals surface area contributed by atoms with Crippen LogP contribution in [-0.2, 0) is 9.59 Å². The summed E-state index contributed by atoms with van der Waals surface area (Å²) in [7, 11) is 0. The Bertz CT molecular complexity index is 783. The molecule has 144 valence electrons. The van der Waals surface area contributed by atoms with Gasteiger partial charge in [-0.05, 0) is 25.7 Å². The fourth-order valence-electron chi connectivity index (χ4n) is 3.79. The molecule has 27 heavy (non-hydrogen) atoms. The van der Waals surface area contributed by atoms with Crippen LogP contribution >= 0.6 is 0 Å². The Labute approximate surface area is 154 Å². The van der Waals surface area contributed by atoms with Gasteiger partial charge in [0.25, 0.3) is 5.91 Å². The van der Waals surface area contributed by atoms with E-state index in [4.69, 9.17) is 0 Å². The van der Waals surface area contributed by atoms with Gasteiger partial charge in [-0.3, -0.25) is 14.5 Å². The highest BCUT2D eigenvalue weighted by molar-refractivity contribution is 6.16. The summed E-state index contributed by atoms with van der Waals surface area (Å²) < 4.78 is 42.3. The largest absolute Gasteiger partial charge is 0.442 e. The number of nitrogens with zero attached hydrogens (tertiary/aromatic N) is 2. The number of amides is 2. The Balaban J connectivity index is 1.81. The van der Waals surface area contributed by atoms with Gasteiger partial charge in [-0.25, -0.2) is 4.99 Å². The van der Waals surface area contributed by atoms with Gasteiger partial charge in [-0.2, -0.15) is 13.2 Å². The van der Waals surface area contributed by atoms with Gasteiger partial charge < -0.3 is 5.32 Å². The normalized spacial score (nSPS) is 26.4. The van der Waals surface area contributed by atoms with Crippen LogP contribution in [0.4, 0.5) is 13.2 Å². The van der Waals surface area contributed by atoms with Crippen molar-refractivity contribution in [2.75, 3.05) is 0 Å². The molecule has 1 N–H and O–H groups in total. The van der Waals surface area contributed by atoms with Crippen LogP contribution in [0.25, 0.3) is 0 Å². The maximum Gasteiger partial charge on any atom is 0.442 e. The zero-order valence-electron chi connectivity index (χ0n) is 14.6. The van der Waals surface area contributed by atoms with E-state index in [9.17, 15) is 22.8 Å². The summed E-state index contributed by atoms with van der Waals surface area (Å²) in [5.41, 5.74) is -2.80. The molecule has 2 saturated carbocycles. The first-order valence-electron chi connectivity index (χ1n) is 9.21. The second kappa shape index (κ2) is 6.35. The van der Waals surface area contributed by atoms with Crippen molar-refractivity contribution >= 4 is 17.6 Å². The monoisotopic (exact) mass is 379 g/mol. The smallest absolute Gasteiger partial charge is 0.316 e. The molecular formula is C19H20F3N3O2. The highest BCUT2D eigenvalue weighted by Crippen LogP contribution is 2.42. The molecule has 1 aliphatic heterocycles.